The molecule has 1 aliphatic carbocycles. The Bertz CT molecular complexity index is 888. The molecule has 33 heavy (non-hydrogen) atoms. The van der Waals surface area contributed by atoms with Crippen LogP contribution < -0.4 is 0 Å². The van der Waals surface area contributed by atoms with Gasteiger partial charge in [-0.1, -0.05) is 49.6 Å². The molecule has 1 aromatic carbocycles. The highest BCUT2D eigenvalue weighted by Crippen LogP contribution is 2.40. The van der Waals surface area contributed by atoms with Gasteiger partial charge in [-0.25, -0.2) is 14.8 Å². The molecule has 0 spiro atoms. The molecule has 2 heterocycles. The summed E-state index contributed by atoms with van der Waals surface area (Å²) in [5.41, 5.74) is 0.172. The smallest absolute Gasteiger partial charge is 0.343 e. The average Bonchev–Trinajstić information content (AvgIpc) is 3.23. The van der Waals surface area contributed by atoms with Crippen LogP contribution in [0.15, 0.2) is 48.9 Å². The van der Waals surface area contributed by atoms with Crippen molar-refractivity contribution < 1.29 is 19.1 Å². The van der Waals surface area contributed by atoms with Gasteiger partial charge in [-0.15, -0.1) is 0 Å². The Morgan fingerprint density at radius 1 is 1.12 bits per heavy atom. The van der Waals surface area contributed by atoms with Gasteiger partial charge >= 0.3 is 5.97 Å². The topological polar surface area (TPSA) is 72.3 Å². The van der Waals surface area contributed by atoms with Crippen molar-refractivity contribution in [2.75, 3.05) is 26.7 Å². The molecule has 2 aromatic rings. The number of likely N-dealkylation sites (N-methyl/N-ethyl adjacent to an activating group) is 1. The number of carbonyl (C=O) groups is 1. The van der Waals surface area contributed by atoms with E-state index in [1.807, 2.05) is 36.4 Å². The number of aliphatic hydroxyl groups is 1. The molecule has 1 N–H and O–H groups in total. The molecule has 1 saturated carbocycles. The standard InChI is InChI=1S/C27H38N3O3/c1-30(18-8-14-24-16-17-28-21-29-24)19-9-15-25(30)20-33-26(31)27(32,22-10-4-2-5-11-22)23-12-6-3-7-13-23/h2,4-5,10-11,16-17,21,23,25,32H,3,6-9,12-15,18-20H2,1H3/q+1. The molecule has 178 valence electrons. The quantitative estimate of drug-likeness (QED) is 0.459. The van der Waals surface area contributed by atoms with Crippen LogP contribution in [-0.4, -0.2) is 58.3 Å². The van der Waals surface area contributed by atoms with Crippen LogP contribution in [0, 0.1) is 5.92 Å². The zero-order chi connectivity index (χ0) is 23.2. The van der Waals surface area contributed by atoms with E-state index < -0.39 is 11.6 Å². The normalized spacial score (nSPS) is 25.5. The van der Waals surface area contributed by atoms with Gasteiger partial charge in [0.15, 0.2) is 5.60 Å². The fourth-order valence-electron chi connectivity index (χ4n) is 5.84. The van der Waals surface area contributed by atoms with Crippen molar-refractivity contribution in [3.8, 4) is 0 Å². The molecule has 1 aromatic heterocycles. The highest BCUT2D eigenvalue weighted by atomic mass is 16.6. The molecule has 2 fully saturated rings. The van der Waals surface area contributed by atoms with Crippen molar-refractivity contribution in [2.45, 2.75) is 69.4 Å². The predicted molar refractivity (Wildman–Crippen MR) is 127 cm³/mol. The lowest BCUT2D eigenvalue weighted by Gasteiger charge is -2.39. The van der Waals surface area contributed by atoms with Crippen LogP contribution in [0.25, 0.3) is 0 Å². The van der Waals surface area contributed by atoms with E-state index >= 15 is 0 Å². The van der Waals surface area contributed by atoms with Crippen molar-refractivity contribution in [3.05, 3.63) is 60.2 Å². The van der Waals surface area contributed by atoms with E-state index in [4.69, 9.17) is 4.74 Å². The molecule has 0 amide bonds. The largest absolute Gasteiger partial charge is 0.457 e. The Kier molecular flexibility index (Phi) is 7.76. The summed E-state index contributed by atoms with van der Waals surface area (Å²) in [4.78, 5) is 21.8. The first-order valence-electron chi connectivity index (χ1n) is 12.6. The number of likely N-dealkylation sites (tertiary alicyclic amines) is 1. The third-order valence-corrected chi connectivity index (χ3v) is 7.96. The number of benzene rings is 1. The van der Waals surface area contributed by atoms with Gasteiger partial charge in [-0.05, 0) is 30.9 Å². The molecule has 0 bridgehead atoms. The predicted octanol–water partition coefficient (Wildman–Crippen LogP) is 4.03. The van der Waals surface area contributed by atoms with E-state index in [0.717, 1.165) is 74.6 Å². The molecule has 1 saturated heterocycles. The Balaban J connectivity index is 1.39. The van der Waals surface area contributed by atoms with Crippen molar-refractivity contribution >= 4 is 5.97 Å². The molecular weight excluding hydrogens is 414 g/mol. The van der Waals surface area contributed by atoms with E-state index in [1.165, 1.54) is 6.42 Å². The maximum atomic E-state index is 13.4. The van der Waals surface area contributed by atoms with Gasteiger partial charge in [0.25, 0.3) is 0 Å². The number of rotatable bonds is 9. The first-order chi connectivity index (χ1) is 16.0. The second-order valence-corrected chi connectivity index (χ2v) is 10.1. The maximum Gasteiger partial charge on any atom is 0.343 e. The Hall–Kier alpha value is -2.31. The van der Waals surface area contributed by atoms with Crippen LogP contribution >= 0.6 is 0 Å². The summed E-state index contributed by atoms with van der Waals surface area (Å²) < 4.78 is 6.84. The minimum Gasteiger partial charge on any atom is -0.457 e. The summed E-state index contributed by atoms with van der Waals surface area (Å²) in [6, 6.07) is 11.7. The van der Waals surface area contributed by atoms with Gasteiger partial charge in [-0.2, -0.15) is 0 Å². The van der Waals surface area contributed by atoms with Crippen molar-refractivity contribution in [3.63, 3.8) is 0 Å². The van der Waals surface area contributed by atoms with E-state index in [9.17, 15) is 9.90 Å². The fourth-order valence-corrected chi connectivity index (χ4v) is 5.84. The number of hydrogen-bond donors (Lipinski definition) is 1. The number of nitrogens with zero attached hydrogens (tertiary/aromatic N) is 3. The molecule has 2 aliphatic rings. The Morgan fingerprint density at radius 3 is 2.64 bits per heavy atom. The summed E-state index contributed by atoms with van der Waals surface area (Å²) >= 11 is 0. The minimum atomic E-state index is -1.56. The molecule has 0 radical (unpaired) electrons. The maximum absolute atomic E-state index is 13.4. The van der Waals surface area contributed by atoms with Crippen molar-refractivity contribution in [1.29, 1.82) is 0 Å². The molecule has 6 nitrogen and oxygen atoms in total. The van der Waals surface area contributed by atoms with Crippen LogP contribution in [-0.2, 0) is 21.6 Å². The Morgan fingerprint density at radius 2 is 1.91 bits per heavy atom. The lowest BCUT2D eigenvalue weighted by molar-refractivity contribution is -0.921. The number of aryl methyl sites for hydroxylation is 1. The third kappa shape index (κ3) is 5.44. The third-order valence-electron chi connectivity index (χ3n) is 7.96. The first kappa shape index (κ1) is 23.8. The SMILES string of the molecule is C[N+]1(CCCc2ccncn2)CCCC1COC(=O)C(O)(c1ccccc1)C1CCCCC1. The lowest BCUT2D eigenvalue weighted by Crippen LogP contribution is -2.52. The number of aromatic nitrogens is 2. The molecular formula is C27H38N3O3+. The van der Waals surface area contributed by atoms with Gasteiger partial charge in [0, 0.05) is 37.1 Å². The summed E-state index contributed by atoms with van der Waals surface area (Å²) in [6.45, 7) is 2.49. The first-order valence-corrected chi connectivity index (χ1v) is 12.6. The molecule has 6 heteroatoms. The van der Waals surface area contributed by atoms with Crippen LogP contribution in [0.2, 0.25) is 0 Å². The van der Waals surface area contributed by atoms with Gasteiger partial charge in [0.05, 0.1) is 20.1 Å². The minimum absolute atomic E-state index is 0.0848. The van der Waals surface area contributed by atoms with E-state index in [2.05, 4.69) is 17.0 Å². The van der Waals surface area contributed by atoms with Crippen molar-refractivity contribution in [1.82, 2.24) is 9.97 Å². The van der Waals surface area contributed by atoms with E-state index in [-0.39, 0.29) is 12.0 Å². The van der Waals surface area contributed by atoms with E-state index in [1.54, 1.807) is 12.5 Å². The van der Waals surface area contributed by atoms with Gasteiger partial charge < -0.3 is 14.3 Å². The monoisotopic (exact) mass is 452 g/mol. The number of quaternary nitrogens is 1. The number of ether oxygens (including phenoxy) is 1. The lowest BCUT2D eigenvalue weighted by atomic mass is 9.73. The zero-order valence-electron chi connectivity index (χ0n) is 19.9. The van der Waals surface area contributed by atoms with Gasteiger partial charge in [0.1, 0.15) is 19.0 Å². The summed E-state index contributed by atoms with van der Waals surface area (Å²) in [5, 5.41) is 11.8. The number of hydrogen-bond acceptors (Lipinski definition) is 5. The summed E-state index contributed by atoms with van der Waals surface area (Å²) in [7, 11) is 2.27. The van der Waals surface area contributed by atoms with Gasteiger partial charge in [0.2, 0.25) is 0 Å². The molecule has 3 unspecified atom stereocenters. The zero-order valence-corrected chi connectivity index (χ0v) is 19.9. The number of carbonyl (C=O) groups excluding carboxylic acids is 1. The van der Waals surface area contributed by atoms with Crippen LogP contribution in [0.3, 0.4) is 0 Å². The second-order valence-electron chi connectivity index (χ2n) is 10.1. The van der Waals surface area contributed by atoms with Crippen LogP contribution in [0.1, 0.15) is 62.6 Å². The highest BCUT2D eigenvalue weighted by Gasteiger charge is 2.48. The Labute approximate surface area is 197 Å². The fraction of sp³-hybridized carbons (Fsp3) is 0.593. The molecule has 4 rings (SSSR count). The van der Waals surface area contributed by atoms with Crippen molar-refractivity contribution in [2.24, 2.45) is 5.92 Å². The molecule has 3 atom stereocenters. The second kappa shape index (κ2) is 10.7. The van der Waals surface area contributed by atoms with E-state index in [0.29, 0.717) is 12.2 Å². The highest BCUT2D eigenvalue weighted by molar-refractivity contribution is 5.81. The summed E-state index contributed by atoms with van der Waals surface area (Å²) in [6.07, 6.45) is 12.5. The molecule has 1 aliphatic heterocycles. The van der Waals surface area contributed by atoms with Crippen LogP contribution in [0.5, 0.6) is 0 Å². The number of esters is 1. The van der Waals surface area contributed by atoms with Crippen LogP contribution in [0.4, 0.5) is 0 Å². The summed E-state index contributed by atoms with van der Waals surface area (Å²) in [5.74, 6) is -0.557. The van der Waals surface area contributed by atoms with Gasteiger partial charge in [-0.3, -0.25) is 0 Å². The average molecular weight is 453 g/mol.